The third-order valence-corrected chi connectivity index (χ3v) is 5.33. The molecule has 1 aromatic rings. The van der Waals surface area contributed by atoms with Crippen molar-refractivity contribution in [2.75, 3.05) is 6.61 Å². The predicted molar refractivity (Wildman–Crippen MR) is 113 cm³/mol. The Bertz CT molecular complexity index is 587. The van der Waals surface area contributed by atoms with Gasteiger partial charge in [0.15, 0.2) is 0 Å². The SMILES string of the molecule is CC(C)(CCCCc1ccc(CCCCC(C)(C)CC(=O)O)cc1)COC=O. The van der Waals surface area contributed by atoms with Gasteiger partial charge in [-0.05, 0) is 60.5 Å². The summed E-state index contributed by atoms with van der Waals surface area (Å²) in [6.07, 6.45) is 8.80. The van der Waals surface area contributed by atoms with Crippen molar-refractivity contribution in [1.29, 1.82) is 0 Å². The number of unbranched alkanes of at least 4 members (excludes halogenated alkanes) is 2. The Morgan fingerprint density at radius 3 is 1.79 bits per heavy atom. The molecular weight excluding hydrogens is 352 g/mol. The van der Waals surface area contributed by atoms with Gasteiger partial charge in [0.25, 0.3) is 6.47 Å². The second-order valence-corrected chi connectivity index (χ2v) is 9.54. The van der Waals surface area contributed by atoms with E-state index in [4.69, 9.17) is 9.84 Å². The van der Waals surface area contributed by atoms with Crippen LogP contribution >= 0.6 is 0 Å². The summed E-state index contributed by atoms with van der Waals surface area (Å²) in [7, 11) is 0. The van der Waals surface area contributed by atoms with E-state index in [-0.39, 0.29) is 17.3 Å². The van der Waals surface area contributed by atoms with Gasteiger partial charge in [0.2, 0.25) is 0 Å². The van der Waals surface area contributed by atoms with Crippen LogP contribution in [0.1, 0.15) is 83.8 Å². The standard InChI is InChI=1S/C24H38O4/c1-23(2,17-22(26)27)15-7-5-9-20-11-13-21(14-12-20)10-6-8-16-24(3,4)18-28-19-25/h11-14,19H,5-10,15-18H2,1-4H3,(H,26,27). The maximum atomic E-state index is 10.9. The summed E-state index contributed by atoms with van der Waals surface area (Å²) >= 11 is 0. The first-order valence-corrected chi connectivity index (χ1v) is 10.5. The predicted octanol–water partition coefficient (Wildman–Crippen LogP) is 5.81. The Morgan fingerprint density at radius 2 is 1.36 bits per heavy atom. The minimum atomic E-state index is -0.710. The molecule has 1 aromatic carbocycles. The largest absolute Gasteiger partial charge is 0.481 e. The van der Waals surface area contributed by atoms with Gasteiger partial charge < -0.3 is 9.84 Å². The summed E-state index contributed by atoms with van der Waals surface area (Å²) in [5, 5.41) is 8.94. The average molecular weight is 391 g/mol. The monoisotopic (exact) mass is 390 g/mol. The number of carbonyl (C=O) groups is 2. The fourth-order valence-corrected chi connectivity index (χ4v) is 3.57. The van der Waals surface area contributed by atoms with Crippen LogP contribution in [0.25, 0.3) is 0 Å². The van der Waals surface area contributed by atoms with Crippen LogP contribution in [0.5, 0.6) is 0 Å². The Hall–Kier alpha value is -1.84. The first kappa shape index (κ1) is 24.2. The van der Waals surface area contributed by atoms with Crippen molar-refractivity contribution in [1.82, 2.24) is 0 Å². The average Bonchev–Trinajstić information content (AvgIpc) is 2.61. The van der Waals surface area contributed by atoms with Gasteiger partial charge in [-0.3, -0.25) is 9.59 Å². The number of carboxylic acids is 1. The van der Waals surface area contributed by atoms with E-state index < -0.39 is 5.97 Å². The molecule has 0 amide bonds. The Morgan fingerprint density at radius 1 is 0.893 bits per heavy atom. The summed E-state index contributed by atoms with van der Waals surface area (Å²) < 4.78 is 4.90. The molecule has 4 heteroatoms. The lowest BCUT2D eigenvalue weighted by Gasteiger charge is -2.22. The van der Waals surface area contributed by atoms with E-state index >= 15 is 0 Å². The number of carbonyl (C=O) groups excluding carboxylic acids is 1. The highest BCUT2D eigenvalue weighted by molar-refractivity contribution is 5.67. The molecular formula is C24H38O4. The third-order valence-electron chi connectivity index (χ3n) is 5.33. The highest BCUT2D eigenvalue weighted by Gasteiger charge is 2.21. The highest BCUT2D eigenvalue weighted by atomic mass is 16.5. The maximum Gasteiger partial charge on any atom is 0.303 e. The van der Waals surface area contributed by atoms with Crippen LogP contribution in [-0.4, -0.2) is 24.2 Å². The second kappa shape index (κ2) is 11.9. The summed E-state index contributed by atoms with van der Waals surface area (Å²) in [6, 6.07) is 8.90. The molecule has 0 atom stereocenters. The summed E-state index contributed by atoms with van der Waals surface area (Å²) in [5.74, 6) is -0.710. The molecule has 1 N–H and O–H groups in total. The first-order chi connectivity index (χ1) is 13.1. The second-order valence-electron chi connectivity index (χ2n) is 9.54. The normalized spacial score (nSPS) is 12.0. The number of benzene rings is 1. The molecule has 158 valence electrons. The summed E-state index contributed by atoms with van der Waals surface area (Å²) in [6.45, 7) is 9.35. The molecule has 0 saturated carbocycles. The van der Waals surface area contributed by atoms with Gasteiger partial charge in [-0.1, -0.05) is 64.8 Å². The first-order valence-electron chi connectivity index (χ1n) is 10.5. The molecule has 0 unspecified atom stereocenters. The van der Waals surface area contributed by atoms with E-state index in [2.05, 4.69) is 38.1 Å². The Kier molecular flexibility index (Phi) is 10.3. The maximum absolute atomic E-state index is 10.9. The van der Waals surface area contributed by atoms with E-state index in [1.807, 2.05) is 13.8 Å². The van der Waals surface area contributed by atoms with Crippen molar-refractivity contribution in [2.24, 2.45) is 10.8 Å². The van der Waals surface area contributed by atoms with Gasteiger partial charge in [-0.2, -0.15) is 0 Å². The van der Waals surface area contributed by atoms with Crippen molar-refractivity contribution < 1.29 is 19.4 Å². The third kappa shape index (κ3) is 11.1. The van der Waals surface area contributed by atoms with Gasteiger partial charge in [0.1, 0.15) is 0 Å². The quantitative estimate of drug-likeness (QED) is 0.303. The van der Waals surface area contributed by atoms with E-state index in [0.717, 1.165) is 51.4 Å². The van der Waals surface area contributed by atoms with Crippen molar-refractivity contribution in [2.45, 2.75) is 85.5 Å². The molecule has 0 heterocycles. The minimum absolute atomic E-state index is 0.0454. The Labute approximate surface area is 170 Å². The minimum Gasteiger partial charge on any atom is -0.481 e. The number of carboxylic acid groups (broad SMARTS) is 1. The molecule has 1 rings (SSSR count). The molecule has 0 aliphatic rings. The lowest BCUT2D eigenvalue weighted by Crippen LogP contribution is -2.18. The van der Waals surface area contributed by atoms with Crippen LogP contribution in [0.3, 0.4) is 0 Å². The zero-order chi connectivity index (χ0) is 21.0. The van der Waals surface area contributed by atoms with Crippen molar-refractivity contribution in [3.05, 3.63) is 35.4 Å². The number of aryl methyl sites for hydroxylation is 2. The van der Waals surface area contributed by atoms with Gasteiger partial charge >= 0.3 is 5.97 Å². The number of hydrogen-bond donors (Lipinski definition) is 1. The van der Waals surface area contributed by atoms with Crippen LogP contribution in [0.2, 0.25) is 0 Å². The fraction of sp³-hybridized carbons (Fsp3) is 0.667. The summed E-state index contributed by atoms with van der Waals surface area (Å²) in [4.78, 5) is 21.2. The van der Waals surface area contributed by atoms with Crippen LogP contribution in [-0.2, 0) is 27.2 Å². The lowest BCUT2D eigenvalue weighted by atomic mass is 9.83. The molecule has 0 aliphatic heterocycles. The molecule has 0 spiro atoms. The number of hydrogen-bond acceptors (Lipinski definition) is 3. The molecule has 0 bridgehead atoms. The Balaban J connectivity index is 2.25. The van der Waals surface area contributed by atoms with Gasteiger partial charge in [-0.15, -0.1) is 0 Å². The zero-order valence-electron chi connectivity index (χ0n) is 18.1. The number of rotatable bonds is 15. The summed E-state index contributed by atoms with van der Waals surface area (Å²) in [5.41, 5.74) is 2.65. The molecule has 28 heavy (non-hydrogen) atoms. The van der Waals surface area contributed by atoms with Crippen molar-refractivity contribution in [3.63, 3.8) is 0 Å². The lowest BCUT2D eigenvalue weighted by molar-refractivity contribution is -0.139. The van der Waals surface area contributed by atoms with E-state index in [9.17, 15) is 9.59 Å². The molecule has 4 nitrogen and oxygen atoms in total. The van der Waals surface area contributed by atoms with E-state index in [0.29, 0.717) is 13.1 Å². The number of aliphatic carboxylic acids is 1. The van der Waals surface area contributed by atoms with Gasteiger partial charge in [0.05, 0.1) is 13.0 Å². The fourth-order valence-electron chi connectivity index (χ4n) is 3.57. The molecule has 0 fully saturated rings. The van der Waals surface area contributed by atoms with E-state index in [1.54, 1.807) is 0 Å². The van der Waals surface area contributed by atoms with Gasteiger partial charge in [-0.25, -0.2) is 0 Å². The van der Waals surface area contributed by atoms with Crippen molar-refractivity contribution in [3.8, 4) is 0 Å². The topological polar surface area (TPSA) is 63.6 Å². The van der Waals surface area contributed by atoms with E-state index in [1.165, 1.54) is 11.1 Å². The van der Waals surface area contributed by atoms with Crippen molar-refractivity contribution >= 4 is 12.4 Å². The van der Waals surface area contributed by atoms with Gasteiger partial charge in [0, 0.05) is 0 Å². The van der Waals surface area contributed by atoms with Crippen LogP contribution in [0, 0.1) is 10.8 Å². The van der Waals surface area contributed by atoms with Crippen LogP contribution < -0.4 is 0 Å². The highest BCUT2D eigenvalue weighted by Crippen LogP contribution is 2.28. The van der Waals surface area contributed by atoms with Crippen LogP contribution in [0.15, 0.2) is 24.3 Å². The smallest absolute Gasteiger partial charge is 0.303 e. The van der Waals surface area contributed by atoms with Crippen LogP contribution in [0.4, 0.5) is 0 Å². The molecule has 0 radical (unpaired) electrons. The zero-order valence-corrected chi connectivity index (χ0v) is 18.1. The molecule has 0 aromatic heterocycles. The molecule has 0 aliphatic carbocycles. The molecule has 0 saturated heterocycles. The number of ether oxygens (including phenoxy) is 1.